The lowest BCUT2D eigenvalue weighted by atomic mass is 10.3. The monoisotopic (exact) mass is 129 g/mol. The van der Waals surface area contributed by atoms with Crippen molar-refractivity contribution in [3.8, 4) is 0 Å². The Morgan fingerprint density at radius 2 is 2.56 bits per heavy atom. The first-order valence-electron chi connectivity index (χ1n) is 2.46. The number of nitrogens with zero attached hydrogens (tertiary/aromatic N) is 3. The number of hydrogen-bond donors (Lipinski definition) is 3. The molecule has 0 amide bonds. The molecule has 0 saturated carbocycles. The molecule has 0 bridgehead atoms. The molecule has 0 fully saturated rings. The maximum atomic E-state index is 8.91. The molecule has 1 heterocycles. The van der Waals surface area contributed by atoms with Crippen molar-refractivity contribution >= 4 is 0 Å². The van der Waals surface area contributed by atoms with E-state index in [-0.39, 0.29) is 12.4 Å². The minimum Gasteiger partial charge on any atom is -0.384 e. The number of rotatable bonds is 2. The Hall–Kier alpha value is -1.01. The van der Waals surface area contributed by atoms with E-state index in [9.17, 15) is 0 Å². The molecule has 0 spiro atoms. The maximum Gasteiger partial charge on any atom is 0.204 e. The smallest absolute Gasteiger partial charge is 0.204 e. The van der Waals surface area contributed by atoms with Gasteiger partial charge in [0.2, 0.25) is 5.82 Å². The van der Waals surface area contributed by atoms with Gasteiger partial charge >= 0.3 is 0 Å². The summed E-state index contributed by atoms with van der Waals surface area (Å²) in [5.41, 5.74) is 5.09. The molecule has 0 aliphatic rings. The summed E-state index contributed by atoms with van der Waals surface area (Å²) in [5.74, 6) is 0.234. The van der Waals surface area contributed by atoms with Crippen molar-refractivity contribution in [1.29, 1.82) is 0 Å². The molecule has 0 aliphatic carbocycles. The molecule has 1 aromatic heterocycles. The minimum atomic E-state index is -0.802. The zero-order chi connectivity index (χ0) is 6.69. The predicted molar refractivity (Wildman–Crippen MR) is 28.2 cm³/mol. The molecule has 0 saturated heterocycles. The van der Waals surface area contributed by atoms with Gasteiger partial charge in [0.05, 0.1) is 0 Å². The molecule has 6 heteroatoms. The van der Waals surface area contributed by atoms with Crippen LogP contribution in [-0.4, -0.2) is 32.3 Å². The zero-order valence-electron chi connectivity index (χ0n) is 4.65. The van der Waals surface area contributed by atoms with E-state index in [4.69, 9.17) is 10.8 Å². The minimum absolute atomic E-state index is 0.111. The van der Waals surface area contributed by atoms with Gasteiger partial charge in [0.1, 0.15) is 6.10 Å². The second kappa shape index (κ2) is 2.51. The van der Waals surface area contributed by atoms with E-state index in [2.05, 4.69) is 20.6 Å². The van der Waals surface area contributed by atoms with Gasteiger partial charge in [-0.25, -0.2) is 0 Å². The number of nitrogens with two attached hydrogens (primary N) is 1. The Morgan fingerprint density at radius 1 is 1.78 bits per heavy atom. The van der Waals surface area contributed by atoms with E-state index in [1.807, 2.05) is 0 Å². The van der Waals surface area contributed by atoms with Crippen molar-refractivity contribution < 1.29 is 5.11 Å². The SMILES string of the molecule is NCC(O)c1nn[nH]n1. The highest BCUT2D eigenvalue weighted by Gasteiger charge is 2.08. The second-order valence-corrected chi connectivity index (χ2v) is 1.52. The molecule has 1 atom stereocenters. The highest BCUT2D eigenvalue weighted by atomic mass is 16.3. The molecule has 1 unspecified atom stereocenters. The summed E-state index contributed by atoms with van der Waals surface area (Å²) < 4.78 is 0. The molecule has 6 nitrogen and oxygen atoms in total. The van der Waals surface area contributed by atoms with Gasteiger partial charge in [0.25, 0.3) is 0 Å². The standard InChI is InChI=1S/C3H7N5O/c4-1-2(9)3-5-7-8-6-3/h2,9H,1,4H2,(H,5,6,7,8). The normalized spacial score (nSPS) is 13.6. The first kappa shape index (κ1) is 6.12. The van der Waals surface area contributed by atoms with E-state index in [1.165, 1.54) is 0 Å². The number of tetrazole rings is 1. The first-order valence-corrected chi connectivity index (χ1v) is 2.46. The summed E-state index contributed by atoms with van der Waals surface area (Å²) >= 11 is 0. The van der Waals surface area contributed by atoms with Crippen molar-refractivity contribution in [1.82, 2.24) is 20.6 Å². The molecule has 0 radical (unpaired) electrons. The van der Waals surface area contributed by atoms with Gasteiger partial charge in [0.15, 0.2) is 0 Å². The third kappa shape index (κ3) is 1.21. The van der Waals surface area contributed by atoms with Crippen LogP contribution in [0.15, 0.2) is 0 Å². The molecule has 9 heavy (non-hydrogen) atoms. The van der Waals surface area contributed by atoms with E-state index >= 15 is 0 Å². The molecule has 1 rings (SSSR count). The van der Waals surface area contributed by atoms with Crippen LogP contribution < -0.4 is 5.73 Å². The van der Waals surface area contributed by atoms with E-state index in [0.29, 0.717) is 0 Å². The van der Waals surface area contributed by atoms with Gasteiger partial charge in [0, 0.05) is 6.54 Å². The molecule has 1 aromatic rings. The van der Waals surface area contributed by atoms with Crippen molar-refractivity contribution in [2.24, 2.45) is 5.73 Å². The third-order valence-corrected chi connectivity index (χ3v) is 0.883. The zero-order valence-corrected chi connectivity index (χ0v) is 4.65. The van der Waals surface area contributed by atoms with Crippen LogP contribution in [0.3, 0.4) is 0 Å². The number of hydrogen-bond acceptors (Lipinski definition) is 5. The Bertz CT molecular complexity index is 161. The number of aromatic amines is 1. The van der Waals surface area contributed by atoms with Gasteiger partial charge in [-0.05, 0) is 0 Å². The van der Waals surface area contributed by atoms with Crippen LogP contribution in [-0.2, 0) is 0 Å². The summed E-state index contributed by atoms with van der Waals surface area (Å²) in [5, 5.41) is 21.4. The maximum absolute atomic E-state index is 8.91. The Labute approximate surface area is 51.1 Å². The number of aliphatic hydroxyl groups is 1. The second-order valence-electron chi connectivity index (χ2n) is 1.52. The van der Waals surface area contributed by atoms with E-state index < -0.39 is 6.10 Å². The van der Waals surface area contributed by atoms with Crippen LogP contribution in [0.4, 0.5) is 0 Å². The quantitative estimate of drug-likeness (QED) is 0.437. The molecule has 4 N–H and O–H groups in total. The summed E-state index contributed by atoms with van der Waals surface area (Å²) in [7, 11) is 0. The van der Waals surface area contributed by atoms with Crippen LogP contribution in [0, 0.1) is 0 Å². The van der Waals surface area contributed by atoms with Gasteiger partial charge < -0.3 is 10.8 Å². The van der Waals surface area contributed by atoms with Gasteiger partial charge in [-0.1, -0.05) is 5.21 Å². The lowest BCUT2D eigenvalue weighted by Gasteiger charge is -1.97. The van der Waals surface area contributed by atoms with Crippen molar-refractivity contribution in [2.45, 2.75) is 6.10 Å². The molecular weight excluding hydrogens is 122 g/mol. The molecule has 0 aliphatic heterocycles. The average Bonchev–Trinajstić information content (AvgIpc) is 2.37. The number of H-pyrrole nitrogens is 1. The fraction of sp³-hybridized carbons (Fsp3) is 0.667. The van der Waals surface area contributed by atoms with Gasteiger partial charge in [-0.2, -0.15) is 5.21 Å². The average molecular weight is 129 g/mol. The Balaban J connectivity index is 2.65. The van der Waals surface area contributed by atoms with Crippen molar-refractivity contribution in [3.63, 3.8) is 0 Å². The van der Waals surface area contributed by atoms with Gasteiger partial charge in [-0.3, -0.25) is 0 Å². The van der Waals surface area contributed by atoms with E-state index in [0.717, 1.165) is 0 Å². The molecule has 50 valence electrons. The van der Waals surface area contributed by atoms with E-state index in [1.54, 1.807) is 0 Å². The Kier molecular flexibility index (Phi) is 1.71. The topological polar surface area (TPSA) is 101 Å². The van der Waals surface area contributed by atoms with Crippen LogP contribution in [0.5, 0.6) is 0 Å². The number of nitrogens with one attached hydrogen (secondary N) is 1. The lowest BCUT2D eigenvalue weighted by Crippen LogP contribution is -2.12. The van der Waals surface area contributed by atoms with Crippen molar-refractivity contribution in [3.05, 3.63) is 5.82 Å². The Morgan fingerprint density at radius 3 is 3.00 bits per heavy atom. The number of aromatic nitrogens is 4. The molecule has 0 aromatic carbocycles. The van der Waals surface area contributed by atoms with Crippen LogP contribution in [0.25, 0.3) is 0 Å². The van der Waals surface area contributed by atoms with Crippen LogP contribution >= 0.6 is 0 Å². The predicted octanol–water partition coefficient (Wildman–Crippen LogP) is -1.81. The lowest BCUT2D eigenvalue weighted by molar-refractivity contribution is 0.176. The fourth-order valence-corrected chi connectivity index (χ4v) is 0.416. The third-order valence-electron chi connectivity index (χ3n) is 0.883. The summed E-state index contributed by atoms with van der Waals surface area (Å²) in [6.45, 7) is 0.111. The summed E-state index contributed by atoms with van der Waals surface area (Å²) in [6, 6.07) is 0. The molecular formula is C3H7N5O. The fourth-order valence-electron chi connectivity index (χ4n) is 0.416. The summed E-state index contributed by atoms with van der Waals surface area (Å²) in [4.78, 5) is 0. The van der Waals surface area contributed by atoms with Crippen LogP contribution in [0.1, 0.15) is 11.9 Å². The highest BCUT2D eigenvalue weighted by Crippen LogP contribution is 1.99. The first-order chi connectivity index (χ1) is 4.34. The largest absolute Gasteiger partial charge is 0.384 e. The highest BCUT2D eigenvalue weighted by molar-refractivity contribution is 4.82. The van der Waals surface area contributed by atoms with Crippen LogP contribution in [0.2, 0.25) is 0 Å². The van der Waals surface area contributed by atoms with Gasteiger partial charge in [-0.15, -0.1) is 10.2 Å². The van der Waals surface area contributed by atoms with Crippen molar-refractivity contribution in [2.75, 3.05) is 6.54 Å². The number of aliphatic hydroxyl groups excluding tert-OH is 1. The summed E-state index contributed by atoms with van der Waals surface area (Å²) in [6.07, 6.45) is -0.802.